The first kappa shape index (κ1) is 16.1. The second-order valence-corrected chi connectivity index (χ2v) is 6.38. The smallest absolute Gasteiger partial charge is 0.124 e. The molecular weight excluding hydrogens is 258 g/mol. The lowest BCUT2D eigenvalue weighted by Crippen LogP contribution is -2.35. The Balaban J connectivity index is 2.76. The lowest BCUT2D eigenvalue weighted by molar-refractivity contribution is 0.351. The fourth-order valence-electron chi connectivity index (χ4n) is 1.49. The summed E-state index contributed by atoms with van der Waals surface area (Å²) in [6.07, 6.45) is 2.07. The highest BCUT2D eigenvalue weighted by Crippen LogP contribution is 2.23. The van der Waals surface area contributed by atoms with Gasteiger partial charge in [0.15, 0.2) is 0 Å². The molecule has 0 aliphatic carbocycles. The maximum absolute atomic E-state index is 6.06. The molecule has 0 aliphatic heterocycles. The molecular formula is C16H24ClNO. The summed E-state index contributed by atoms with van der Waals surface area (Å²) in [6.45, 7) is 11.9. The van der Waals surface area contributed by atoms with Gasteiger partial charge in [0.05, 0.1) is 0 Å². The van der Waals surface area contributed by atoms with Crippen LogP contribution in [0.1, 0.15) is 40.2 Å². The molecule has 0 heterocycles. The van der Waals surface area contributed by atoms with E-state index in [-0.39, 0.29) is 5.54 Å². The van der Waals surface area contributed by atoms with E-state index in [2.05, 4.69) is 46.0 Å². The van der Waals surface area contributed by atoms with Gasteiger partial charge in [-0.2, -0.15) is 0 Å². The van der Waals surface area contributed by atoms with Gasteiger partial charge in [-0.15, -0.1) is 0 Å². The normalized spacial score (nSPS) is 11.3. The summed E-state index contributed by atoms with van der Waals surface area (Å²) in [5.41, 5.74) is 2.41. The Morgan fingerprint density at radius 3 is 2.58 bits per heavy atom. The molecule has 0 bridgehead atoms. The Morgan fingerprint density at radius 1 is 1.32 bits per heavy atom. The second kappa shape index (κ2) is 6.97. The molecule has 1 rings (SSSR count). The van der Waals surface area contributed by atoms with E-state index in [1.807, 2.05) is 18.2 Å². The Kier molecular flexibility index (Phi) is 5.89. The monoisotopic (exact) mass is 281 g/mol. The molecule has 0 radical (unpaired) electrons. The molecule has 0 saturated carbocycles. The van der Waals surface area contributed by atoms with E-state index in [1.54, 1.807) is 0 Å². The van der Waals surface area contributed by atoms with E-state index >= 15 is 0 Å². The fourth-order valence-corrected chi connectivity index (χ4v) is 1.68. The van der Waals surface area contributed by atoms with Crippen molar-refractivity contribution in [1.82, 2.24) is 5.32 Å². The first-order valence-corrected chi connectivity index (χ1v) is 6.95. The SMILES string of the molecule is CC(C)=CCOc1ccc(Cl)cc1CNC(C)(C)C. The molecule has 0 spiro atoms. The molecule has 1 N–H and O–H groups in total. The Labute approximate surface area is 121 Å². The van der Waals surface area contributed by atoms with Crippen molar-refractivity contribution >= 4 is 11.6 Å². The number of hydrogen-bond acceptors (Lipinski definition) is 2. The number of ether oxygens (including phenoxy) is 1. The highest BCUT2D eigenvalue weighted by molar-refractivity contribution is 6.30. The van der Waals surface area contributed by atoms with Crippen LogP contribution in [0, 0.1) is 0 Å². The van der Waals surface area contributed by atoms with Gasteiger partial charge in [0, 0.05) is 22.7 Å². The van der Waals surface area contributed by atoms with Crippen LogP contribution < -0.4 is 10.1 Å². The van der Waals surface area contributed by atoms with Crippen molar-refractivity contribution in [3.05, 3.63) is 40.4 Å². The zero-order chi connectivity index (χ0) is 14.5. The maximum Gasteiger partial charge on any atom is 0.124 e. The van der Waals surface area contributed by atoms with Crippen molar-refractivity contribution in [2.75, 3.05) is 6.61 Å². The van der Waals surface area contributed by atoms with Crippen LogP contribution in [0.25, 0.3) is 0 Å². The molecule has 1 aromatic rings. The molecule has 0 aliphatic rings. The molecule has 19 heavy (non-hydrogen) atoms. The fraction of sp³-hybridized carbons (Fsp3) is 0.500. The van der Waals surface area contributed by atoms with Gasteiger partial charge in [-0.3, -0.25) is 0 Å². The molecule has 106 valence electrons. The molecule has 1 aromatic carbocycles. The van der Waals surface area contributed by atoms with Gasteiger partial charge in [0.1, 0.15) is 12.4 Å². The Bertz CT molecular complexity index is 443. The quantitative estimate of drug-likeness (QED) is 0.798. The third-order valence-electron chi connectivity index (χ3n) is 2.56. The third-order valence-corrected chi connectivity index (χ3v) is 2.80. The van der Waals surface area contributed by atoms with Gasteiger partial charge < -0.3 is 10.1 Å². The lowest BCUT2D eigenvalue weighted by Gasteiger charge is -2.21. The van der Waals surface area contributed by atoms with Crippen molar-refractivity contribution in [2.24, 2.45) is 0 Å². The van der Waals surface area contributed by atoms with Gasteiger partial charge in [-0.25, -0.2) is 0 Å². The number of rotatable bonds is 5. The van der Waals surface area contributed by atoms with E-state index in [0.29, 0.717) is 6.61 Å². The molecule has 2 nitrogen and oxygen atoms in total. The summed E-state index contributed by atoms with van der Waals surface area (Å²) in [4.78, 5) is 0. The molecule has 0 fully saturated rings. The minimum absolute atomic E-state index is 0.0689. The van der Waals surface area contributed by atoms with Crippen LogP contribution >= 0.6 is 11.6 Å². The van der Waals surface area contributed by atoms with Crippen LogP contribution in [0.5, 0.6) is 5.75 Å². The van der Waals surface area contributed by atoms with Crippen LogP contribution in [0.3, 0.4) is 0 Å². The average Bonchev–Trinajstić information content (AvgIpc) is 2.27. The van der Waals surface area contributed by atoms with E-state index in [0.717, 1.165) is 22.9 Å². The Morgan fingerprint density at radius 2 is 2.00 bits per heavy atom. The largest absolute Gasteiger partial charge is 0.489 e. The van der Waals surface area contributed by atoms with E-state index in [9.17, 15) is 0 Å². The first-order valence-electron chi connectivity index (χ1n) is 6.57. The number of hydrogen-bond donors (Lipinski definition) is 1. The van der Waals surface area contributed by atoms with E-state index in [1.165, 1.54) is 5.57 Å². The standard InChI is InChI=1S/C16H24ClNO/c1-12(2)8-9-19-15-7-6-14(17)10-13(15)11-18-16(3,4)5/h6-8,10,18H,9,11H2,1-5H3. The predicted octanol–water partition coefficient (Wildman–Crippen LogP) is 4.57. The van der Waals surface area contributed by atoms with Crippen LogP contribution in [0.4, 0.5) is 0 Å². The summed E-state index contributed by atoms with van der Waals surface area (Å²) >= 11 is 6.06. The highest BCUT2D eigenvalue weighted by atomic mass is 35.5. The van der Waals surface area contributed by atoms with Crippen molar-refractivity contribution < 1.29 is 4.74 Å². The molecule has 3 heteroatoms. The van der Waals surface area contributed by atoms with Gasteiger partial charge in [0.25, 0.3) is 0 Å². The second-order valence-electron chi connectivity index (χ2n) is 5.95. The van der Waals surface area contributed by atoms with Gasteiger partial charge in [-0.05, 0) is 58.9 Å². The molecule has 0 amide bonds. The van der Waals surface area contributed by atoms with Crippen LogP contribution in [-0.2, 0) is 6.54 Å². The maximum atomic E-state index is 6.06. The minimum atomic E-state index is 0.0689. The van der Waals surface area contributed by atoms with Crippen molar-refractivity contribution in [2.45, 2.75) is 46.7 Å². The van der Waals surface area contributed by atoms with Crippen LogP contribution in [-0.4, -0.2) is 12.1 Å². The number of benzene rings is 1. The topological polar surface area (TPSA) is 21.3 Å². The zero-order valence-electron chi connectivity index (χ0n) is 12.5. The van der Waals surface area contributed by atoms with E-state index < -0.39 is 0 Å². The number of nitrogens with one attached hydrogen (secondary N) is 1. The highest BCUT2D eigenvalue weighted by Gasteiger charge is 2.11. The number of allylic oxidation sites excluding steroid dienone is 1. The molecule has 0 atom stereocenters. The molecule has 0 unspecified atom stereocenters. The van der Waals surface area contributed by atoms with Crippen molar-refractivity contribution in [3.63, 3.8) is 0 Å². The molecule has 0 saturated heterocycles. The van der Waals surface area contributed by atoms with Gasteiger partial charge >= 0.3 is 0 Å². The van der Waals surface area contributed by atoms with Gasteiger partial charge in [-0.1, -0.05) is 17.2 Å². The van der Waals surface area contributed by atoms with E-state index in [4.69, 9.17) is 16.3 Å². The number of halogens is 1. The van der Waals surface area contributed by atoms with Crippen LogP contribution in [0.15, 0.2) is 29.8 Å². The third kappa shape index (κ3) is 6.65. The first-order chi connectivity index (χ1) is 8.78. The minimum Gasteiger partial charge on any atom is -0.489 e. The average molecular weight is 282 g/mol. The predicted molar refractivity (Wildman–Crippen MR) is 83.0 cm³/mol. The molecule has 0 aromatic heterocycles. The summed E-state index contributed by atoms with van der Waals surface area (Å²) in [5, 5.41) is 4.19. The van der Waals surface area contributed by atoms with Crippen molar-refractivity contribution in [1.29, 1.82) is 0 Å². The zero-order valence-corrected chi connectivity index (χ0v) is 13.3. The lowest BCUT2D eigenvalue weighted by atomic mass is 10.1. The summed E-state index contributed by atoms with van der Waals surface area (Å²) in [5.74, 6) is 0.888. The van der Waals surface area contributed by atoms with Crippen LogP contribution in [0.2, 0.25) is 5.02 Å². The van der Waals surface area contributed by atoms with Gasteiger partial charge in [0.2, 0.25) is 0 Å². The summed E-state index contributed by atoms with van der Waals surface area (Å²) in [7, 11) is 0. The summed E-state index contributed by atoms with van der Waals surface area (Å²) < 4.78 is 5.79. The summed E-state index contributed by atoms with van der Waals surface area (Å²) in [6, 6.07) is 5.75. The van der Waals surface area contributed by atoms with Crippen molar-refractivity contribution in [3.8, 4) is 5.75 Å². The Hall–Kier alpha value is -0.990.